The Labute approximate surface area is 568 Å². The summed E-state index contributed by atoms with van der Waals surface area (Å²) in [6.07, 6.45) is 47.4. The number of esters is 4. The van der Waals surface area contributed by atoms with Gasteiger partial charge in [0.25, 0.3) is 0 Å². The van der Waals surface area contributed by atoms with Crippen molar-refractivity contribution in [3.05, 3.63) is 0 Å². The second-order valence-electron chi connectivity index (χ2n) is 28.6. The third-order valence-electron chi connectivity index (χ3n) is 17.1. The zero-order valence-electron chi connectivity index (χ0n) is 60.9. The summed E-state index contributed by atoms with van der Waals surface area (Å²) in [5.41, 5.74) is 0. The smallest absolute Gasteiger partial charge is 0.462 e. The third kappa shape index (κ3) is 68.4. The molecule has 0 aromatic rings. The van der Waals surface area contributed by atoms with Gasteiger partial charge in [0.15, 0.2) is 12.2 Å². The molecule has 0 aliphatic heterocycles. The lowest BCUT2D eigenvalue weighted by atomic mass is 10.0. The van der Waals surface area contributed by atoms with Gasteiger partial charge >= 0.3 is 39.5 Å². The summed E-state index contributed by atoms with van der Waals surface area (Å²) in [7, 11) is -9.91. The lowest BCUT2D eigenvalue weighted by Crippen LogP contribution is -2.30. The second kappa shape index (κ2) is 63.5. The van der Waals surface area contributed by atoms with Crippen LogP contribution >= 0.6 is 15.6 Å². The number of rotatable bonds is 71. The van der Waals surface area contributed by atoms with Crippen molar-refractivity contribution in [2.45, 2.75) is 388 Å². The number of phosphoric acid groups is 2. The molecule has 0 saturated heterocycles. The molecule has 5 atom stereocenters. The van der Waals surface area contributed by atoms with E-state index in [9.17, 15) is 43.2 Å². The summed E-state index contributed by atoms with van der Waals surface area (Å²) >= 11 is 0. The third-order valence-corrected chi connectivity index (χ3v) is 19.0. The lowest BCUT2D eigenvalue weighted by molar-refractivity contribution is -0.161. The number of carbonyl (C=O) groups excluding carboxylic acids is 4. The van der Waals surface area contributed by atoms with Crippen LogP contribution in [0.5, 0.6) is 0 Å². The Balaban J connectivity index is 5.22. The van der Waals surface area contributed by atoms with Crippen LogP contribution in [0.1, 0.15) is 370 Å². The van der Waals surface area contributed by atoms with Gasteiger partial charge in [-0.15, -0.1) is 0 Å². The first-order valence-electron chi connectivity index (χ1n) is 38.2. The monoisotopic (exact) mass is 1370 g/mol. The summed E-state index contributed by atoms with van der Waals surface area (Å²) < 4.78 is 68.4. The number of ether oxygens (including phenoxy) is 4. The molecule has 552 valence electrons. The summed E-state index contributed by atoms with van der Waals surface area (Å²) in [4.78, 5) is 72.6. The summed E-state index contributed by atoms with van der Waals surface area (Å²) in [6.45, 7) is 14.1. The maximum absolute atomic E-state index is 13.1. The van der Waals surface area contributed by atoms with Gasteiger partial charge in [0.2, 0.25) is 0 Å². The fourth-order valence-electron chi connectivity index (χ4n) is 11.2. The molecule has 0 rings (SSSR count). The van der Waals surface area contributed by atoms with E-state index in [1.165, 1.54) is 167 Å². The molecule has 0 aromatic heterocycles. The highest BCUT2D eigenvalue weighted by Crippen LogP contribution is 2.45. The van der Waals surface area contributed by atoms with Crippen molar-refractivity contribution in [3.8, 4) is 0 Å². The van der Waals surface area contributed by atoms with E-state index in [0.29, 0.717) is 31.6 Å². The number of unbranched alkanes of at least 4 members (excludes halogenated alkanes) is 37. The van der Waals surface area contributed by atoms with E-state index in [4.69, 9.17) is 37.0 Å². The predicted molar refractivity (Wildman–Crippen MR) is 377 cm³/mol. The molecule has 0 aliphatic carbocycles. The molecular weight excluding hydrogens is 1220 g/mol. The minimum atomic E-state index is -4.96. The maximum Gasteiger partial charge on any atom is 0.472 e. The van der Waals surface area contributed by atoms with Crippen LogP contribution in [0.2, 0.25) is 0 Å². The molecule has 0 aromatic carbocycles. The van der Waals surface area contributed by atoms with Crippen LogP contribution in [0.15, 0.2) is 0 Å². The predicted octanol–water partition coefficient (Wildman–Crippen LogP) is 21.3. The minimum Gasteiger partial charge on any atom is -0.462 e. The number of hydrogen-bond acceptors (Lipinski definition) is 15. The first kappa shape index (κ1) is 91.1. The molecule has 0 fully saturated rings. The molecule has 3 N–H and O–H groups in total. The van der Waals surface area contributed by atoms with Crippen LogP contribution in [0, 0.1) is 23.7 Å². The molecule has 0 heterocycles. The van der Waals surface area contributed by atoms with E-state index in [-0.39, 0.29) is 25.7 Å². The van der Waals surface area contributed by atoms with Gasteiger partial charge in [-0.05, 0) is 49.4 Å². The van der Waals surface area contributed by atoms with Crippen molar-refractivity contribution in [2.24, 2.45) is 23.7 Å². The first-order valence-corrected chi connectivity index (χ1v) is 41.2. The SMILES string of the molecule is CC(C)CCCCCCCCCCCCCCCCCCC(=O)O[C@H](COC(=O)CCCCCCCCCCCCCC(C)C)COP(=O)(O)OC[C@@H](O)COP(=O)(O)OC[C@@H](COC(=O)CCCCCCCCC(C)C)OC(=O)CCCCCCCCCCC(C)C. The fourth-order valence-corrected chi connectivity index (χ4v) is 12.8. The molecule has 0 bridgehead atoms. The quantitative estimate of drug-likeness (QED) is 0.0222. The van der Waals surface area contributed by atoms with Crippen molar-refractivity contribution in [1.29, 1.82) is 0 Å². The highest BCUT2D eigenvalue weighted by atomic mass is 31.2. The standard InChI is InChI=1S/C74H144O17P2/c1-64(2)50-42-34-26-20-16-13-11-9-10-12-14-18-23-30-40-48-56-73(78)90-69(60-84-71(76)54-46-38-29-22-19-15-17-21-27-35-43-51-65(3)4)62-88-92(80,81)86-58-68(75)59-87-93(82,83)89-63-70(61-85-72(77)55-47-39-33-32-37-45-53-67(7)8)91-74(79)57-49-41-31-25-24-28-36-44-52-66(5)6/h64-70,75H,9-63H2,1-8H3,(H,80,81)(H,82,83)/t68-,69-,70-/m1/s1. The molecule has 0 spiro atoms. The van der Waals surface area contributed by atoms with Crippen molar-refractivity contribution in [3.63, 3.8) is 0 Å². The lowest BCUT2D eigenvalue weighted by Gasteiger charge is -2.21. The molecule has 19 heteroatoms. The van der Waals surface area contributed by atoms with E-state index in [1.807, 2.05) is 0 Å². The van der Waals surface area contributed by atoms with Crippen LogP contribution in [-0.4, -0.2) is 96.7 Å². The highest BCUT2D eigenvalue weighted by molar-refractivity contribution is 7.47. The Morgan fingerprint density at radius 3 is 0.667 bits per heavy atom. The number of aliphatic hydroxyl groups is 1. The van der Waals surface area contributed by atoms with Gasteiger partial charge in [0.05, 0.1) is 26.4 Å². The Morgan fingerprint density at radius 2 is 0.452 bits per heavy atom. The molecule has 0 radical (unpaired) electrons. The van der Waals surface area contributed by atoms with Crippen molar-refractivity contribution in [2.75, 3.05) is 39.6 Å². The molecule has 0 amide bonds. The van der Waals surface area contributed by atoms with Gasteiger partial charge in [0, 0.05) is 25.7 Å². The van der Waals surface area contributed by atoms with E-state index in [0.717, 1.165) is 114 Å². The summed E-state index contributed by atoms with van der Waals surface area (Å²) in [5.74, 6) is 0.851. The van der Waals surface area contributed by atoms with Gasteiger partial charge in [-0.2, -0.15) is 0 Å². The maximum atomic E-state index is 13.1. The zero-order chi connectivity index (χ0) is 68.9. The number of aliphatic hydroxyl groups excluding tert-OH is 1. The molecule has 2 unspecified atom stereocenters. The minimum absolute atomic E-state index is 0.103. The molecule has 0 saturated carbocycles. The van der Waals surface area contributed by atoms with Crippen molar-refractivity contribution in [1.82, 2.24) is 0 Å². The average molecular weight is 1370 g/mol. The van der Waals surface area contributed by atoms with Crippen LogP contribution in [0.25, 0.3) is 0 Å². The van der Waals surface area contributed by atoms with Gasteiger partial charge < -0.3 is 33.8 Å². The van der Waals surface area contributed by atoms with Crippen LogP contribution < -0.4 is 0 Å². The van der Waals surface area contributed by atoms with E-state index < -0.39 is 97.5 Å². The van der Waals surface area contributed by atoms with E-state index in [1.54, 1.807) is 0 Å². The van der Waals surface area contributed by atoms with Crippen LogP contribution in [0.4, 0.5) is 0 Å². The van der Waals surface area contributed by atoms with Crippen LogP contribution in [-0.2, 0) is 65.4 Å². The van der Waals surface area contributed by atoms with Crippen molar-refractivity contribution >= 4 is 39.5 Å². The Kier molecular flexibility index (Phi) is 62.2. The van der Waals surface area contributed by atoms with Gasteiger partial charge in [-0.3, -0.25) is 37.3 Å². The normalized spacial score (nSPS) is 14.2. The largest absolute Gasteiger partial charge is 0.472 e. The van der Waals surface area contributed by atoms with E-state index >= 15 is 0 Å². The Morgan fingerprint density at radius 1 is 0.269 bits per heavy atom. The van der Waals surface area contributed by atoms with Crippen molar-refractivity contribution < 1.29 is 80.2 Å². The fraction of sp³-hybridized carbons (Fsp3) is 0.946. The topological polar surface area (TPSA) is 237 Å². The van der Waals surface area contributed by atoms with Gasteiger partial charge in [-0.1, -0.05) is 319 Å². The molecule has 17 nitrogen and oxygen atoms in total. The van der Waals surface area contributed by atoms with Gasteiger partial charge in [-0.25, -0.2) is 9.13 Å². The summed E-state index contributed by atoms with van der Waals surface area (Å²) in [5, 5.41) is 10.6. The summed E-state index contributed by atoms with van der Waals surface area (Å²) in [6, 6.07) is 0. The van der Waals surface area contributed by atoms with E-state index in [2.05, 4.69) is 55.4 Å². The molecule has 93 heavy (non-hydrogen) atoms. The Hall–Kier alpha value is -1.94. The highest BCUT2D eigenvalue weighted by Gasteiger charge is 2.30. The Bertz CT molecular complexity index is 1830. The number of hydrogen-bond donors (Lipinski definition) is 3. The number of carbonyl (C=O) groups is 4. The molecular formula is C74H144O17P2. The zero-order valence-corrected chi connectivity index (χ0v) is 62.7. The average Bonchev–Trinajstić information content (AvgIpc) is 2.62. The number of phosphoric ester groups is 2. The molecule has 0 aliphatic rings. The van der Waals surface area contributed by atoms with Crippen LogP contribution in [0.3, 0.4) is 0 Å². The first-order chi connectivity index (χ1) is 44.6. The second-order valence-corrected chi connectivity index (χ2v) is 31.5. The van der Waals surface area contributed by atoms with Gasteiger partial charge in [0.1, 0.15) is 19.3 Å².